The molecule has 0 aliphatic heterocycles. The van der Waals surface area contributed by atoms with Gasteiger partial charge in [0.2, 0.25) is 10.0 Å². The van der Waals surface area contributed by atoms with Crippen LogP contribution in [0, 0.1) is 0 Å². The first-order chi connectivity index (χ1) is 14.6. The molecule has 1 heterocycles. The molecule has 2 amide bonds. The lowest BCUT2D eigenvalue weighted by Crippen LogP contribution is -2.31. The maximum Gasteiger partial charge on any atom is 0.338 e. The number of hydrogen-bond acceptors (Lipinski definition) is 8. The zero-order valence-electron chi connectivity index (χ0n) is 17.2. The number of nitrogens with two attached hydrogens (primary N) is 1. The van der Waals surface area contributed by atoms with Crippen molar-refractivity contribution in [3.05, 3.63) is 40.8 Å². The van der Waals surface area contributed by atoms with Crippen LogP contribution < -0.4 is 15.8 Å². The van der Waals surface area contributed by atoms with Crippen LogP contribution >= 0.6 is 11.3 Å². The summed E-state index contributed by atoms with van der Waals surface area (Å²) in [4.78, 5) is 35.6. The minimum absolute atomic E-state index is 0.0618. The van der Waals surface area contributed by atoms with E-state index in [1.165, 1.54) is 29.6 Å². The molecule has 10 nitrogen and oxygen atoms in total. The summed E-state index contributed by atoms with van der Waals surface area (Å²) < 4.78 is 37.1. The standard InChI is InChI=1S/C19H23N3O7S2/c1-4-22(5-2)31(26,27)15-10-12(6-7-14(15)28-3)19(25)29-11-16(23)21-18-13(17(20)24)8-9-30-18/h6-10H,4-5,11H2,1-3H3,(H2,20,24)(H,21,23). The average molecular weight is 470 g/mol. The fraction of sp³-hybridized carbons (Fsp3) is 0.316. The molecule has 1 aromatic carbocycles. The molecule has 0 atom stereocenters. The molecule has 168 valence electrons. The van der Waals surface area contributed by atoms with Gasteiger partial charge in [0.1, 0.15) is 15.6 Å². The predicted molar refractivity (Wildman–Crippen MR) is 115 cm³/mol. The van der Waals surface area contributed by atoms with Gasteiger partial charge in [-0.2, -0.15) is 4.31 Å². The van der Waals surface area contributed by atoms with Crippen LogP contribution in [0.3, 0.4) is 0 Å². The predicted octanol–water partition coefficient (Wildman–Crippen LogP) is 1.68. The van der Waals surface area contributed by atoms with Crippen molar-refractivity contribution in [2.45, 2.75) is 18.7 Å². The van der Waals surface area contributed by atoms with Crippen molar-refractivity contribution in [1.82, 2.24) is 4.31 Å². The van der Waals surface area contributed by atoms with Gasteiger partial charge in [0, 0.05) is 13.1 Å². The minimum atomic E-state index is -3.90. The zero-order chi connectivity index (χ0) is 23.2. The highest BCUT2D eigenvalue weighted by Gasteiger charge is 2.27. The molecule has 12 heteroatoms. The smallest absolute Gasteiger partial charge is 0.338 e. The second-order valence-corrected chi connectivity index (χ2v) is 8.93. The van der Waals surface area contributed by atoms with Crippen molar-refractivity contribution < 1.29 is 32.3 Å². The fourth-order valence-corrected chi connectivity index (χ4v) is 5.13. The summed E-state index contributed by atoms with van der Waals surface area (Å²) in [7, 11) is -2.58. The van der Waals surface area contributed by atoms with E-state index in [2.05, 4.69) is 5.32 Å². The molecule has 0 aliphatic rings. The van der Waals surface area contributed by atoms with Gasteiger partial charge in [-0.25, -0.2) is 13.2 Å². The molecule has 1 aromatic heterocycles. The molecule has 2 aromatic rings. The van der Waals surface area contributed by atoms with Crippen molar-refractivity contribution in [3.8, 4) is 5.75 Å². The van der Waals surface area contributed by atoms with Gasteiger partial charge in [-0.15, -0.1) is 11.3 Å². The number of nitrogens with one attached hydrogen (secondary N) is 1. The van der Waals surface area contributed by atoms with E-state index in [9.17, 15) is 22.8 Å². The number of rotatable bonds is 10. The summed E-state index contributed by atoms with van der Waals surface area (Å²) in [6.07, 6.45) is 0. The first-order valence-electron chi connectivity index (χ1n) is 9.18. The van der Waals surface area contributed by atoms with Crippen molar-refractivity contribution in [2.75, 3.05) is 32.1 Å². The zero-order valence-corrected chi connectivity index (χ0v) is 18.8. The number of esters is 1. The third-order valence-electron chi connectivity index (χ3n) is 4.24. The molecular weight excluding hydrogens is 446 g/mol. The number of methoxy groups -OCH3 is 1. The van der Waals surface area contributed by atoms with Crippen LogP contribution in [-0.4, -0.2) is 57.3 Å². The summed E-state index contributed by atoms with van der Waals surface area (Å²) in [5.41, 5.74) is 5.30. The van der Waals surface area contributed by atoms with Crippen molar-refractivity contribution in [1.29, 1.82) is 0 Å². The number of primary amides is 1. The molecule has 2 rings (SSSR count). The summed E-state index contributed by atoms with van der Waals surface area (Å²) in [5, 5.41) is 4.26. The lowest BCUT2D eigenvalue weighted by atomic mass is 10.2. The molecule has 0 fully saturated rings. The molecular formula is C19H23N3O7S2. The van der Waals surface area contributed by atoms with Gasteiger partial charge in [0.15, 0.2) is 6.61 Å². The number of benzene rings is 1. The van der Waals surface area contributed by atoms with E-state index in [0.29, 0.717) is 0 Å². The van der Waals surface area contributed by atoms with Crippen LogP contribution in [0.5, 0.6) is 5.75 Å². The number of hydrogen-bond donors (Lipinski definition) is 2. The number of carbonyl (C=O) groups is 3. The van der Waals surface area contributed by atoms with Gasteiger partial charge in [0.05, 0.1) is 18.2 Å². The van der Waals surface area contributed by atoms with Crippen LogP contribution in [0.4, 0.5) is 5.00 Å². The van der Waals surface area contributed by atoms with E-state index in [4.69, 9.17) is 15.2 Å². The van der Waals surface area contributed by atoms with Gasteiger partial charge < -0.3 is 20.5 Å². The van der Waals surface area contributed by atoms with Crippen LogP contribution in [0.25, 0.3) is 0 Å². The lowest BCUT2D eigenvalue weighted by Gasteiger charge is -2.20. The molecule has 0 saturated carbocycles. The van der Waals surface area contributed by atoms with Gasteiger partial charge in [-0.1, -0.05) is 13.8 Å². The normalized spacial score (nSPS) is 11.2. The number of thiophene rings is 1. The Hall–Kier alpha value is -2.96. The molecule has 0 saturated heterocycles. The van der Waals surface area contributed by atoms with Crippen LogP contribution in [0.2, 0.25) is 0 Å². The Morgan fingerprint density at radius 1 is 1.16 bits per heavy atom. The van der Waals surface area contributed by atoms with Crippen LogP contribution in [0.1, 0.15) is 34.6 Å². The maximum absolute atomic E-state index is 12.9. The number of ether oxygens (including phenoxy) is 2. The number of anilines is 1. The summed E-state index contributed by atoms with van der Waals surface area (Å²) >= 11 is 1.09. The van der Waals surface area contributed by atoms with E-state index in [-0.39, 0.29) is 39.9 Å². The van der Waals surface area contributed by atoms with Gasteiger partial charge >= 0.3 is 5.97 Å². The van der Waals surface area contributed by atoms with E-state index in [0.717, 1.165) is 17.4 Å². The number of amides is 2. The van der Waals surface area contributed by atoms with E-state index >= 15 is 0 Å². The van der Waals surface area contributed by atoms with E-state index in [1.807, 2.05) is 0 Å². The van der Waals surface area contributed by atoms with Crippen molar-refractivity contribution in [2.24, 2.45) is 5.73 Å². The molecule has 0 spiro atoms. The van der Waals surface area contributed by atoms with Crippen LogP contribution in [0.15, 0.2) is 34.5 Å². The first kappa shape index (κ1) is 24.3. The molecule has 0 aliphatic carbocycles. The average Bonchev–Trinajstić information content (AvgIpc) is 3.20. The third kappa shape index (κ3) is 5.60. The largest absolute Gasteiger partial charge is 0.495 e. The second-order valence-electron chi connectivity index (χ2n) is 6.11. The lowest BCUT2D eigenvalue weighted by molar-refractivity contribution is -0.119. The summed E-state index contributed by atoms with van der Waals surface area (Å²) in [5.74, 6) is -2.19. The monoisotopic (exact) mass is 469 g/mol. The highest BCUT2D eigenvalue weighted by Crippen LogP contribution is 2.28. The van der Waals surface area contributed by atoms with Gasteiger partial charge in [0.25, 0.3) is 11.8 Å². The topological polar surface area (TPSA) is 145 Å². The summed E-state index contributed by atoms with van der Waals surface area (Å²) in [6, 6.07) is 5.30. The number of carbonyl (C=O) groups excluding carboxylic acids is 3. The van der Waals surface area contributed by atoms with E-state index < -0.39 is 34.4 Å². The Morgan fingerprint density at radius 2 is 1.84 bits per heavy atom. The molecule has 31 heavy (non-hydrogen) atoms. The molecule has 3 N–H and O–H groups in total. The SMILES string of the molecule is CCN(CC)S(=O)(=O)c1cc(C(=O)OCC(=O)Nc2sccc2C(N)=O)ccc1OC. The highest BCUT2D eigenvalue weighted by atomic mass is 32.2. The molecule has 0 unspecified atom stereocenters. The van der Waals surface area contributed by atoms with Crippen molar-refractivity contribution in [3.63, 3.8) is 0 Å². The van der Waals surface area contributed by atoms with Gasteiger partial charge in [-0.3, -0.25) is 9.59 Å². The molecule has 0 bridgehead atoms. The fourth-order valence-electron chi connectivity index (χ4n) is 2.69. The Bertz CT molecular complexity index is 1080. The van der Waals surface area contributed by atoms with Gasteiger partial charge in [-0.05, 0) is 29.6 Å². The Kier molecular flexibility index (Phi) is 8.14. The second kappa shape index (κ2) is 10.4. The summed E-state index contributed by atoms with van der Waals surface area (Å²) in [6.45, 7) is 3.24. The highest BCUT2D eigenvalue weighted by molar-refractivity contribution is 7.89. The minimum Gasteiger partial charge on any atom is -0.495 e. The van der Waals surface area contributed by atoms with Crippen LogP contribution in [-0.2, 0) is 19.6 Å². The Balaban J connectivity index is 2.16. The van der Waals surface area contributed by atoms with Crippen molar-refractivity contribution >= 4 is 44.1 Å². The third-order valence-corrected chi connectivity index (χ3v) is 7.14. The Labute approximate surface area is 184 Å². The molecule has 0 radical (unpaired) electrons. The maximum atomic E-state index is 12.9. The number of nitrogens with zero attached hydrogens (tertiary/aromatic N) is 1. The quantitative estimate of drug-likeness (QED) is 0.504. The van der Waals surface area contributed by atoms with E-state index in [1.54, 1.807) is 19.2 Å². The Morgan fingerprint density at radius 3 is 2.42 bits per heavy atom. The first-order valence-corrected chi connectivity index (χ1v) is 11.5. The number of sulfonamides is 1.